The van der Waals surface area contributed by atoms with E-state index < -0.39 is 0 Å². The van der Waals surface area contributed by atoms with Crippen molar-refractivity contribution < 1.29 is 4.79 Å². The maximum absolute atomic E-state index is 11.9. The number of nitrogens with one attached hydrogen (secondary N) is 1. The highest BCUT2D eigenvalue weighted by molar-refractivity contribution is 7.11. The van der Waals surface area contributed by atoms with Crippen molar-refractivity contribution in [2.45, 2.75) is 39.4 Å². The van der Waals surface area contributed by atoms with E-state index in [-0.39, 0.29) is 18.5 Å². The van der Waals surface area contributed by atoms with Gasteiger partial charge in [0.25, 0.3) is 0 Å². The van der Waals surface area contributed by atoms with Gasteiger partial charge in [-0.05, 0) is 26.0 Å². The molecule has 108 valence electrons. The van der Waals surface area contributed by atoms with Crippen LogP contribution in [-0.2, 0) is 24.3 Å². The van der Waals surface area contributed by atoms with Crippen LogP contribution >= 0.6 is 11.3 Å². The monoisotopic (exact) mass is 293 g/mol. The summed E-state index contributed by atoms with van der Waals surface area (Å²) in [5, 5.41) is 10.7. The Morgan fingerprint density at radius 3 is 2.95 bits per heavy atom. The van der Waals surface area contributed by atoms with Crippen LogP contribution in [0.1, 0.15) is 22.4 Å². The number of rotatable bonds is 6. The third-order valence-corrected chi connectivity index (χ3v) is 3.83. The molecule has 0 fully saturated rings. The Bertz CT molecular complexity index is 577. The standard InChI is InChI=1S/C13H19N5OS/c1-9(5-12-4-3-10(2)20-12)15-13(19)8-18-7-11(6-14)16-17-18/h3-4,7,9H,5-6,8,14H2,1-2H3,(H,15,19). The average Bonchev–Trinajstić information content (AvgIpc) is 2.98. The van der Waals surface area contributed by atoms with Crippen LogP contribution in [-0.4, -0.2) is 26.9 Å². The Morgan fingerprint density at radius 2 is 2.35 bits per heavy atom. The van der Waals surface area contributed by atoms with Crippen LogP contribution in [0.5, 0.6) is 0 Å². The van der Waals surface area contributed by atoms with Crippen LogP contribution in [0, 0.1) is 6.92 Å². The van der Waals surface area contributed by atoms with Gasteiger partial charge in [0.05, 0.1) is 11.9 Å². The smallest absolute Gasteiger partial charge is 0.242 e. The lowest BCUT2D eigenvalue weighted by Gasteiger charge is -2.12. The number of aryl methyl sites for hydroxylation is 1. The van der Waals surface area contributed by atoms with E-state index in [1.807, 2.05) is 6.92 Å². The lowest BCUT2D eigenvalue weighted by Crippen LogP contribution is -2.36. The second-order valence-electron chi connectivity index (χ2n) is 4.80. The molecular formula is C13H19N5OS. The summed E-state index contributed by atoms with van der Waals surface area (Å²) in [5.74, 6) is -0.0701. The Hall–Kier alpha value is -1.73. The number of aromatic nitrogens is 3. The van der Waals surface area contributed by atoms with Gasteiger partial charge in [0, 0.05) is 28.8 Å². The zero-order valence-corrected chi connectivity index (χ0v) is 12.5. The fourth-order valence-corrected chi connectivity index (χ4v) is 2.94. The number of hydrogen-bond donors (Lipinski definition) is 2. The van der Waals surface area contributed by atoms with Crippen molar-refractivity contribution in [1.29, 1.82) is 0 Å². The number of carbonyl (C=O) groups excluding carboxylic acids is 1. The molecule has 0 aliphatic rings. The predicted octanol–water partition coefficient (Wildman–Crippen LogP) is 0.854. The predicted molar refractivity (Wildman–Crippen MR) is 78.3 cm³/mol. The van der Waals surface area contributed by atoms with Crippen LogP contribution in [0.15, 0.2) is 18.3 Å². The maximum atomic E-state index is 11.9. The summed E-state index contributed by atoms with van der Waals surface area (Å²) >= 11 is 1.76. The number of amides is 1. The summed E-state index contributed by atoms with van der Waals surface area (Å²) in [7, 11) is 0. The van der Waals surface area contributed by atoms with E-state index >= 15 is 0 Å². The quantitative estimate of drug-likeness (QED) is 0.827. The number of hydrogen-bond acceptors (Lipinski definition) is 5. The summed E-state index contributed by atoms with van der Waals surface area (Å²) in [4.78, 5) is 14.5. The number of nitrogens with two attached hydrogens (primary N) is 1. The SMILES string of the molecule is Cc1ccc(CC(C)NC(=O)Cn2cc(CN)nn2)s1. The van der Waals surface area contributed by atoms with Gasteiger partial charge in [-0.2, -0.15) is 0 Å². The molecule has 2 heterocycles. The van der Waals surface area contributed by atoms with E-state index in [0.29, 0.717) is 12.2 Å². The van der Waals surface area contributed by atoms with Gasteiger partial charge < -0.3 is 11.1 Å². The summed E-state index contributed by atoms with van der Waals surface area (Å²) in [5.41, 5.74) is 6.13. The Balaban J connectivity index is 1.81. The number of nitrogens with zero attached hydrogens (tertiary/aromatic N) is 3. The van der Waals surface area contributed by atoms with Gasteiger partial charge in [-0.1, -0.05) is 5.21 Å². The molecule has 2 rings (SSSR count). The van der Waals surface area contributed by atoms with Crippen molar-refractivity contribution in [2.75, 3.05) is 0 Å². The van der Waals surface area contributed by atoms with Crippen LogP contribution in [0.3, 0.4) is 0 Å². The van der Waals surface area contributed by atoms with E-state index in [9.17, 15) is 4.79 Å². The first kappa shape index (κ1) is 14.7. The minimum atomic E-state index is -0.0701. The van der Waals surface area contributed by atoms with Crippen molar-refractivity contribution in [3.05, 3.63) is 33.8 Å². The molecule has 0 bridgehead atoms. The van der Waals surface area contributed by atoms with Crippen molar-refractivity contribution in [3.63, 3.8) is 0 Å². The number of thiophene rings is 1. The highest BCUT2D eigenvalue weighted by Crippen LogP contribution is 2.16. The van der Waals surface area contributed by atoms with Crippen molar-refractivity contribution in [1.82, 2.24) is 20.3 Å². The van der Waals surface area contributed by atoms with Gasteiger partial charge in [0.1, 0.15) is 6.54 Å². The summed E-state index contributed by atoms with van der Waals surface area (Å²) in [6.45, 7) is 4.58. The van der Waals surface area contributed by atoms with Gasteiger partial charge in [0.2, 0.25) is 5.91 Å². The van der Waals surface area contributed by atoms with Crippen LogP contribution in [0.25, 0.3) is 0 Å². The second-order valence-corrected chi connectivity index (χ2v) is 6.17. The minimum Gasteiger partial charge on any atom is -0.352 e. The molecule has 1 atom stereocenters. The van der Waals surface area contributed by atoms with E-state index in [4.69, 9.17) is 5.73 Å². The minimum absolute atomic E-state index is 0.0701. The first-order chi connectivity index (χ1) is 9.56. The molecule has 0 aliphatic heterocycles. The van der Waals surface area contributed by atoms with Crippen molar-refractivity contribution in [2.24, 2.45) is 5.73 Å². The normalized spacial score (nSPS) is 12.3. The molecule has 2 aromatic rings. The van der Waals surface area contributed by atoms with E-state index in [2.05, 4.69) is 34.7 Å². The molecule has 0 aromatic carbocycles. The average molecular weight is 293 g/mol. The highest BCUT2D eigenvalue weighted by atomic mass is 32.1. The molecule has 20 heavy (non-hydrogen) atoms. The van der Waals surface area contributed by atoms with Crippen LogP contribution in [0.4, 0.5) is 0 Å². The van der Waals surface area contributed by atoms with Crippen molar-refractivity contribution in [3.8, 4) is 0 Å². The molecule has 0 saturated heterocycles. The fraction of sp³-hybridized carbons (Fsp3) is 0.462. The Labute approximate surface area is 122 Å². The first-order valence-corrected chi connectivity index (χ1v) is 7.32. The number of carbonyl (C=O) groups is 1. The van der Waals surface area contributed by atoms with E-state index in [1.54, 1.807) is 17.5 Å². The van der Waals surface area contributed by atoms with Crippen LogP contribution < -0.4 is 11.1 Å². The third-order valence-electron chi connectivity index (χ3n) is 2.81. The molecule has 7 heteroatoms. The lowest BCUT2D eigenvalue weighted by atomic mass is 10.2. The van der Waals surface area contributed by atoms with Crippen LogP contribution in [0.2, 0.25) is 0 Å². The summed E-state index contributed by atoms with van der Waals surface area (Å²) in [6, 6.07) is 4.30. The van der Waals surface area contributed by atoms with E-state index in [1.165, 1.54) is 14.4 Å². The highest BCUT2D eigenvalue weighted by Gasteiger charge is 2.10. The second kappa shape index (κ2) is 6.62. The summed E-state index contributed by atoms with van der Waals surface area (Å²) < 4.78 is 1.50. The fourth-order valence-electron chi connectivity index (χ4n) is 1.92. The molecule has 3 N–H and O–H groups in total. The largest absolute Gasteiger partial charge is 0.352 e. The molecule has 1 amide bonds. The van der Waals surface area contributed by atoms with Gasteiger partial charge in [-0.15, -0.1) is 16.4 Å². The van der Waals surface area contributed by atoms with Gasteiger partial charge in [0.15, 0.2) is 0 Å². The first-order valence-electron chi connectivity index (χ1n) is 6.50. The lowest BCUT2D eigenvalue weighted by molar-refractivity contribution is -0.122. The van der Waals surface area contributed by atoms with Gasteiger partial charge >= 0.3 is 0 Å². The maximum Gasteiger partial charge on any atom is 0.242 e. The zero-order chi connectivity index (χ0) is 14.5. The Morgan fingerprint density at radius 1 is 1.55 bits per heavy atom. The third kappa shape index (κ3) is 4.14. The summed E-state index contributed by atoms with van der Waals surface area (Å²) in [6.07, 6.45) is 2.53. The van der Waals surface area contributed by atoms with Gasteiger partial charge in [-0.25, -0.2) is 4.68 Å². The molecule has 2 aromatic heterocycles. The molecule has 1 unspecified atom stereocenters. The zero-order valence-electron chi connectivity index (χ0n) is 11.7. The molecular weight excluding hydrogens is 274 g/mol. The molecule has 0 radical (unpaired) electrons. The Kier molecular flexibility index (Phi) is 4.86. The molecule has 0 spiro atoms. The molecule has 0 aliphatic carbocycles. The van der Waals surface area contributed by atoms with Gasteiger partial charge in [-0.3, -0.25) is 4.79 Å². The van der Waals surface area contributed by atoms with E-state index in [0.717, 1.165) is 6.42 Å². The van der Waals surface area contributed by atoms with Crippen molar-refractivity contribution >= 4 is 17.2 Å². The molecule has 0 saturated carbocycles. The molecule has 6 nitrogen and oxygen atoms in total. The topological polar surface area (TPSA) is 85.8 Å².